The van der Waals surface area contributed by atoms with Crippen LogP contribution in [0.5, 0.6) is 0 Å². The second-order valence-electron chi connectivity index (χ2n) is 4.95. The van der Waals surface area contributed by atoms with Crippen molar-refractivity contribution in [3.05, 3.63) is 23.8 Å². The van der Waals surface area contributed by atoms with Crippen LogP contribution in [0.3, 0.4) is 0 Å². The lowest BCUT2D eigenvalue weighted by molar-refractivity contribution is 0.768. The van der Waals surface area contributed by atoms with Gasteiger partial charge in [0.1, 0.15) is 0 Å². The van der Waals surface area contributed by atoms with Crippen LogP contribution in [0, 0.1) is 6.92 Å². The standard InChI is InChI=1S/C14H18N2S2/c1-9-6-7-11-13(8-9)18-14(16-11)15-10-4-3-5-12(10)17-2/h6-8,10,12H,3-5H2,1-2H3,(H,15,16). The van der Waals surface area contributed by atoms with Gasteiger partial charge in [0.15, 0.2) is 5.13 Å². The number of aryl methyl sites for hydroxylation is 1. The number of benzene rings is 1. The summed E-state index contributed by atoms with van der Waals surface area (Å²) in [5.74, 6) is 0. The molecule has 1 aliphatic rings. The minimum absolute atomic E-state index is 0.599. The van der Waals surface area contributed by atoms with Crippen molar-refractivity contribution in [2.45, 2.75) is 37.5 Å². The zero-order valence-electron chi connectivity index (χ0n) is 10.8. The number of thioether (sulfide) groups is 1. The monoisotopic (exact) mass is 278 g/mol. The summed E-state index contributed by atoms with van der Waals surface area (Å²) in [6.45, 7) is 2.13. The molecular weight excluding hydrogens is 260 g/mol. The van der Waals surface area contributed by atoms with Crippen LogP contribution >= 0.6 is 23.1 Å². The fourth-order valence-electron chi connectivity index (χ4n) is 2.63. The molecule has 1 fully saturated rings. The minimum atomic E-state index is 0.599. The second kappa shape index (κ2) is 5.10. The first-order chi connectivity index (χ1) is 8.76. The number of nitrogens with one attached hydrogen (secondary N) is 1. The molecule has 0 radical (unpaired) electrons. The zero-order chi connectivity index (χ0) is 12.5. The summed E-state index contributed by atoms with van der Waals surface area (Å²) in [6, 6.07) is 7.07. The van der Waals surface area contributed by atoms with E-state index < -0.39 is 0 Å². The summed E-state index contributed by atoms with van der Waals surface area (Å²) in [7, 11) is 0. The molecule has 0 aliphatic heterocycles. The van der Waals surface area contributed by atoms with E-state index in [-0.39, 0.29) is 0 Å². The zero-order valence-corrected chi connectivity index (χ0v) is 12.4. The molecule has 0 saturated heterocycles. The fraction of sp³-hybridized carbons (Fsp3) is 0.500. The highest BCUT2D eigenvalue weighted by Gasteiger charge is 2.26. The molecule has 0 amide bonds. The lowest BCUT2D eigenvalue weighted by atomic mass is 10.2. The summed E-state index contributed by atoms with van der Waals surface area (Å²) < 4.78 is 1.29. The minimum Gasteiger partial charge on any atom is -0.358 e. The molecule has 2 unspecified atom stereocenters. The van der Waals surface area contributed by atoms with Gasteiger partial charge in [-0.05, 0) is 43.7 Å². The van der Waals surface area contributed by atoms with E-state index in [1.54, 1.807) is 11.3 Å². The van der Waals surface area contributed by atoms with Gasteiger partial charge in [-0.2, -0.15) is 11.8 Å². The first kappa shape index (κ1) is 12.3. The Kier molecular flexibility index (Phi) is 3.48. The van der Waals surface area contributed by atoms with Gasteiger partial charge >= 0.3 is 0 Å². The third kappa shape index (κ3) is 2.36. The van der Waals surface area contributed by atoms with Crippen LogP contribution in [0.4, 0.5) is 5.13 Å². The van der Waals surface area contributed by atoms with E-state index in [1.807, 2.05) is 11.8 Å². The number of nitrogens with zero attached hydrogens (tertiary/aromatic N) is 1. The predicted octanol–water partition coefficient (Wildman–Crippen LogP) is 4.30. The third-order valence-corrected chi connectivity index (χ3v) is 5.73. The summed E-state index contributed by atoms with van der Waals surface area (Å²) in [4.78, 5) is 4.68. The maximum absolute atomic E-state index is 4.68. The number of hydrogen-bond acceptors (Lipinski definition) is 4. The van der Waals surface area contributed by atoms with Gasteiger partial charge in [0, 0.05) is 11.3 Å². The maximum atomic E-state index is 4.68. The third-order valence-electron chi connectivity index (χ3n) is 3.61. The molecule has 1 aliphatic carbocycles. The number of hydrogen-bond donors (Lipinski definition) is 1. The van der Waals surface area contributed by atoms with Crippen molar-refractivity contribution in [2.24, 2.45) is 0 Å². The summed E-state index contributed by atoms with van der Waals surface area (Å²) in [5.41, 5.74) is 2.42. The average Bonchev–Trinajstić information content (AvgIpc) is 2.94. The van der Waals surface area contributed by atoms with E-state index in [1.165, 1.54) is 29.5 Å². The second-order valence-corrected chi connectivity index (χ2v) is 7.05. The van der Waals surface area contributed by atoms with Crippen LogP contribution in [0.25, 0.3) is 10.2 Å². The van der Waals surface area contributed by atoms with Gasteiger partial charge in [-0.1, -0.05) is 23.8 Å². The van der Waals surface area contributed by atoms with Crippen LogP contribution in [0.2, 0.25) is 0 Å². The highest BCUT2D eigenvalue weighted by atomic mass is 32.2. The van der Waals surface area contributed by atoms with Crippen molar-refractivity contribution in [1.29, 1.82) is 0 Å². The van der Waals surface area contributed by atoms with Crippen molar-refractivity contribution in [3.63, 3.8) is 0 Å². The van der Waals surface area contributed by atoms with Gasteiger partial charge < -0.3 is 5.32 Å². The molecule has 0 spiro atoms. The molecule has 2 aromatic rings. The molecule has 1 N–H and O–H groups in total. The quantitative estimate of drug-likeness (QED) is 0.906. The molecule has 18 heavy (non-hydrogen) atoms. The molecule has 1 heterocycles. The Morgan fingerprint density at radius 3 is 3.11 bits per heavy atom. The fourth-order valence-corrected chi connectivity index (χ4v) is 4.59. The van der Waals surface area contributed by atoms with Gasteiger partial charge in [-0.3, -0.25) is 0 Å². The molecule has 3 rings (SSSR count). The number of rotatable bonds is 3. The van der Waals surface area contributed by atoms with E-state index in [9.17, 15) is 0 Å². The van der Waals surface area contributed by atoms with E-state index >= 15 is 0 Å². The van der Waals surface area contributed by atoms with E-state index in [2.05, 4.69) is 41.7 Å². The smallest absolute Gasteiger partial charge is 0.184 e. The topological polar surface area (TPSA) is 24.9 Å². The number of thiazole rings is 1. The van der Waals surface area contributed by atoms with Crippen molar-refractivity contribution in [1.82, 2.24) is 4.98 Å². The maximum Gasteiger partial charge on any atom is 0.184 e. The Morgan fingerprint density at radius 1 is 1.39 bits per heavy atom. The molecule has 2 nitrogen and oxygen atoms in total. The van der Waals surface area contributed by atoms with Crippen LogP contribution in [-0.4, -0.2) is 22.5 Å². The first-order valence-electron chi connectivity index (χ1n) is 6.43. The molecule has 2 atom stereocenters. The lowest BCUT2D eigenvalue weighted by Crippen LogP contribution is -2.25. The van der Waals surface area contributed by atoms with E-state index in [4.69, 9.17) is 0 Å². The van der Waals surface area contributed by atoms with Crippen LogP contribution in [0.15, 0.2) is 18.2 Å². The Balaban J connectivity index is 1.82. The van der Waals surface area contributed by atoms with E-state index in [0.29, 0.717) is 6.04 Å². The Morgan fingerprint density at radius 2 is 2.28 bits per heavy atom. The van der Waals surface area contributed by atoms with E-state index in [0.717, 1.165) is 15.9 Å². The van der Waals surface area contributed by atoms with Crippen molar-refractivity contribution < 1.29 is 0 Å². The molecule has 0 bridgehead atoms. The SMILES string of the molecule is CSC1CCCC1Nc1nc2ccc(C)cc2s1. The first-order valence-corrected chi connectivity index (χ1v) is 8.53. The molecule has 4 heteroatoms. The van der Waals surface area contributed by atoms with Gasteiger partial charge in [0.05, 0.1) is 10.2 Å². The molecule has 1 aromatic heterocycles. The summed E-state index contributed by atoms with van der Waals surface area (Å²) in [5, 5.41) is 5.47. The average molecular weight is 278 g/mol. The van der Waals surface area contributed by atoms with Gasteiger partial charge in [0.2, 0.25) is 0 Å². The summed E-state index contributed by atoms with van der Waals surface area (Å²) in [6.07, 6.45) is 6.17. The summed E-state index contributed by atoms with van der Waals surface area (Å²) >= 11 is 3.76. The molecular formula is C14H18N2S2. The Labute approximate surface area is 116 Å². The predicted molar refractivity (Wildman–Crippen MR) is 82.9 cm³/mol. The van der Waals surface area contributed by atoms with Crippen LogP contribution in [0.1, 0.15) is 24.8 Å². The van der Waals surface area contributed by atoms with Gasteiger partial charge in [0.25, 0.3) is 0 Å². The normalized spacial score (nSPS) is 23.7. The number of fused-ring (bicyclic) bond motifs is 1. The largest absolute Gasteiger partial charge is 0.358 e. The Hall–Kier alpha value is -0.740. The van der Waals surface area contributed by atoms with Gasteiger partial charge in [-0.25, -0.2) is 4.98 Å². The molecule has 1 saturated carbocycles. The van der Waals surface area contributed by atoms with Crippen molar-refractivity contribution in [2.75, 3.05) is 11.6 Å². The van der Waals surface area contributed by atoms with Gasteiger partial charge in [-0.15, -0.1) is 0 Å². The highest BCUT2D eigenvalue weighted by Crippen LogP contribution is 2.33. The van der Waals surface area contributed by atoms with Crippen LogP contribution in [-0.2, 0) is 0 Å². The molecule has 1 aromatic carbocycles. The highest BCUT2D eigenvalue weighted by molar-refractivity contribution is 7.99. The number of anilines is 1. The number of aromatic nitrogens is 1. The van der Waals surface area contributed by atoms with Crippen molar-refractivity contribution in [3.8, 4) is 0 Å². The lowest BCUT2D eigenvalue weighted by Gasteiger charge is -2.18. The van der Waals surface area contributed by atoms with Crippen molar-refractivity contribution >= 4 is 38.4 Å². The van der Waals surface area contributed by atoms with Crippen LogP contribution < -0.4 is 5.32 Å². The molecule has 96 valence electrons. The Bertz CT molecular complexity index is 550.